The molecule has 0 bridgehead atoms. The molecule has 1 saturated heterocycles. The molecule has 10 nitrogen and oxygen atoms in total. The van der Waals surface area contributed by atoms with Crippen LogP contribution in [0.1, 0.15) is 81.6 Å². The molecule has 0 spiro atoms. The topological polar surface area (TPSA) is 135 Å². The van der Waals surface area contributed by atoms with Gasteiger partial charge in [-0.15, -0.1) is 0 Å². The molecule has 0 radical (unpaired) electrons. The minimum Gasteiger partial charge on any atom is -0.509 e. The number of Topliss-reactive ketones (excluding diaryl/α,β-unsaturated/α-hetero) is 1. The Morgan fingerprint density at radius 2 is 1.66 bits per heavy atom. The molecular formula is C31H55NO9. The van der Waals surface area contributed by atoms with Crippen molar-refractivity contribution in [2.45, 2.75) is 130 Å². The van der Waals surface area contributed by atoms with E-state index < -0.39 is 65.3 Å². The third-order valence-corrected chi connectivity index (χ3v) is 9.51. The van der Waals surface area contributed by atoms with Crippen molar-refractivity contribution in [3.05, 3.63) is 11.3 Å². The van der Waals surface area contributed by atoms with E-state index >= 15 is 0 Å². The van der Waals surface area contributed by atoms with Gasteiger partial charge in [-0.3, -0.25) is 9.59 Å². The quantitative estimate of drug-likeness (QED) is 0.411. The monoisotopic (exact) mass is 585 g/mol. The third-order valence-electron chi connectivity index (χ3n) is 9.51. The lowest BCUT2D eigenvalue weighted by Crippen LogP contribution is -2.57. The molecule has 0 aromatic rings. The maximum Gasteiger partial charge on any atom is 0.311 e. The van der Waals surface area contributed by atoms with Gasteiger partial charge in [0.25, 0.3) is 0 Å². The van der Waals surface area contributed by atoms with Crippen LogP contribution in [0.15, 0.2) is 11.3 Å². The number of carbonyl (C=O) groups is 2. The number of rotatable bonds is 5. The van der Waals surface area contributed by atoms with Gasteiger partial charge in [0.1, 0.15) is 11.9 Å². The molecule has 0 aromatic carbocycles. The Morgan fingerprint density at radius 1 is 1.07 bits per heavy atom. The van der Waals surface area contributed by atoms with E-state index in [1.54, 1.807) is 27.7 Å². The maximum atomic E-state index is 13.6. The number of ether oxygens (including phenoxy) is 4. The van der Waals surface area contributed by atoms with Crippen LogP contribution < -0.4 is 0 Å². The van der Waals surface area contributed by atoms with Crippen molar-refractivity contribution in [1.82, 2.24) is 4.90 Å². The van der Waals surface area contributed by atoms with Gasteiger partial charge in [0.05, 0.1) is 29.8 Å². The van der Waals surface area contributed by atoms with Crippen molar-refractivity contribution >= 4 is 11.8 Å². The highest BCUT2D eigenvalue weighted by Crippen LogP contribution is 2.39. The van der Waals surface area contributed by atoms with E-state index in [-0.39, 0.29) is 42.3 Å². The van der Waals surface area contributed by atoms with Crippen molar-refractivity contribution in [2.75, 3.05) is 21.2 Å². The molecule has 10 heteroatoms. The molecule has 2 aliphatic rings. The highest BCUT2D eigenvalue weighted by molar-refractivity contribution is 5.97. The number of nitrogens with zero attached hydrogens (tertiary/aromatic N) is 1. The number of aliphatic hydroxyl groups excluding tert-OH is 2. The van der Waals surface area contributed by atoms with Gasteiger partial charge < -0.3 is 39.2 Å². The number of hydrogen-bond donors (Lipinski definition) is 3. The van der Waals surface area contributed by atoms with E-state index in [0.29, 0.717) is 0 Å². The van der Waals surface area contributed by atoms with Gasteiger partial charge in [-0.25, -0.2) is 0 Å². The molecular weight excluding hydrogens is 530 g/mol. The number of aliphatic hydroxyl groups is 3. The molecule has 2 aliphatic heterocycles. The van der Waals surface area contributed by atoms with E-state index in [1.807, 2.05) is 27.9 Å². The number of carbonyl (C=O) groups excluding carboxylic acids is 2. The second-order valence-electron chi connectivity index (χ2n) is 13.1. The van der Waals surface area contributed by atoms with Crippen LogP contribution in [0.5, 0.6) is 0 Å². The van der Waals surface area contributed by atoms with E-state index in [9.17, 15) is 24.9 Å². The first-order valence-electron chi connectivity index (χ1n) is 14.9. The summed E-state index contributed by atoms with van der Waals surface area (Å²) in [6, 6.07) is 0.195. The summed E-state index contributed by atoms with van der Waals surface area (Å²) in [6.07, 6.45) is -2.65. The van der Waals surface area contributed by atoms with Crippen LogP contribution in [-0.4, -0.2) is 101 Å². The lowest BCUT2D eigenvalue weighted by molar-refractivity contribution is -0.287. The zero-order valence-corrected chi connectivity index (χ0v) is 27.1. The van der Waals surface area contributed by atoms with E-state index in [0.717, 1.165) is 6.42 Å². The fourth-order valence-electron chi connectivity index (χ4n) is 6.60. The molecule has 0 aliphatic carbocycles. The Balaban J connectivity index is 2.66. The van der Waals surface area contributed by atoms with Gasteiger partial charge in [0, 0.05) is 36.5 Å². The molecule has 0 saturated carbocycles. The molecule has 2 heterocycles. The zero-order valence-electron chi connectivity index (χ0n) is 27.1. The first-order valence-corrected chi connectivity index (χ1v) is 14.9. The molecule has 3 N–H and O–H groups in total. The fraction of sp³-hybridized carbons (Fsp3) is 0.871. The van der Waals surface area contributed by atoms with Gasteiger partial charge in [-0.1, -0.05) is 27.7 Å². The third kappa shape index (κ3) is 7.51. The summed E-state index contributed by atoms with van der Waals surface area (Å²) < 4.78 is 24.7. The fourth-order valence-corrected chi connectivity index (χ4v) is 6.60. The minimum absolute atomic E-state index is 0.0157. The lowest BCUT2D eigenvalue weighted by Gasteiger charge is -2.48. The van der Waals surface area contributed by atoms with Crippen molar-refractivity contribution in [3.63, 3.8) is 0 Å². The first-order chi connectivity index (χ1) is 18.8. The highest BCUT2D eigenvalue weighted by atomic mass is 16.7. The van der Waals surface area contributed by atoms with Crippen molar-refractivity contribution in [2.24, 2.45) is 23.7 Å². The van der Waals surface area contributed by atoms with E-state index in [4.69, 9.17) is 18.9 Å². The Bertz CT molecular complexity index is 950. The predicted octanol–water partition coefficient (Wildman–Crippen LogP) is 3.62. The van der Waals surface area contributed by atoms with Crippen LogP contribution in [0.25, 0.3) is 0 Å². The van der Waals surface area contributed by atoms with E-state index in [2.05, 4.69) is 11.8 Å². The first kappa shape index (κ1) is 35.6. The number of esters is 1. The Labute approximate surface area is 246 Å². The zero-order chi connectivity index (χ0) is 31.6. The highest BCUT2D eigenvalue weighted by Gasteiger charge is 2.50. The molecule has 0 aromatic heterocycles. The molecule has 238 valence electrons. The largest absolute Gasteiger partial charge is 0.509 e. The second kappa shape index (κ2) is 13.8. The molecule has 0 unspecified atom stereocenters. The molecule has 12 atom stereocenters. The molecule has 1 fully saturated rings. The van der Waals surface area contributed by atoms with Crippen LogP contribution >= 0.6 is 0 Å². The number of methoxy groups -OCH3 is 1. The van der Waals surface area contributed by atoms with Gasteiger partial charge in [0.15, 0.2) is 17.7 Å². The van der Waals surface area contributed by atoms with Crippen LogP contribution in [0.3, 0.4) is 0 Å². The molecule has 2 rings (SSSR count). The summed E-state index contributed by atoms with van der Waals surface area (Å²) in [5.41, 5.74) is -3.13. The van der Waals surface area contributed by atoms with Gasteiger partial charge >= 0.3 is 5.97 Å². The van der Waals surface area contributed by atoms with Gasteiger partial charge in [-0.05, 0) is 68.0 Å². The second-order valence-corrected chi connectivity index (χ2v) is 13.1. The average molecular weight is 586 g/mol. The Kier molecular flexibility index (Phi) is 12.0. The average Bonchev–Trinajstić information content (AvgIpc) is 2.92. The standard InChI is InChI=1S/C31H55NO9/c1-13-23-31(9,37)26(35)19(5)24(33)16(2)15-30(8,38-12)27(20(6)25(34)21(7)28(36)40-23)41-29-18(4)22(32(10)11)14-17(3)39-29/h16-18,20-23,25,27,29,34-35,37H,13-15H2,1-12H3/b26-19-/t16-,17-,18-,20+,21-,22+,23-,25+,27-,29+,30-,31-/m1/s1. The van der Waals surface area contributed by atoms with Crippen LogP contribution in [0.4, 0.5) is 0 Å². The summed E-state index contributed by atoms with van der Waals surface area (Å²) >= 11 is 0. The summed E-state index contributed by atoms with van der Waals surface area (Å²) in [5, 5.41) is 33.8. The van der Waals surface area contributed by atoms with Crippen LogP contribution in [-0.2, 0) is 28.5 Å². The van der Waals surface area contributed by atoms with Crippen molar-refractivity contribution in [3.8, 4) is 0 Å². The van der Waals surface area contributed by atoms with Gasteiger partial charge in [0.2, 0.25) is 0 Å². The lowest BCUT2D eigenvalue weighted by atomic mass is 9.76. The summed E-state index contributed by atoms with van der Waals surface area (Å²) in [7, 11) is 5.58. The predicted molar refractivity (Wildman–Crippen MR) is 155 cm³/mol. The van der Waals surface area contributed by atoms with Crippen LogP contribution in [0, 0.1) is 23.7 Å². The van der Waals surface area contributed by atoms with Crippen molar-refractivity contribution in [1.29, 1.82) is 0 Å². The number of ketones is 1. The number of hydrogen-bond acceptors (Lipinski definition) is 10. The smallest absolute Gasteiger partial charge is 0.311 e. The van der Waals surface area contributed by atoms with Crippen molar-refractivity contribution < 1.29 is 43.9 Å². The molecule has 41 heavy (non-hydrogen) atoms. The molecule has 0 amide bonds. The maximum absolute atomic E-state index is 13.6. The minimum atomic E-state index is -2.01. The van der Waals surface area contributed by atoms with Gasteiger partial charge in [-0.2, -0.15) is 0 Å². The normalized spacial score (nSPS) is 45.8. The number of cyclic esters (lactones) is 1. The van der Waals surface area contributed by atoms with Crippen LogP contribution in [0.2, 0.25) is 0 Å². The SMILES string of the molecule is CC[C@H]1OC(=O)[C@H](C)[C@@H](O)[C@H](C)[C@@H](O[C@@H]2O[C@H](C)C[C@H](N(C)C)[C@H]2C)[C@](C)(OC)C[C@@H](C)C(=O)/C(C)=C(\O)[C@]1(C)O. The number of allylic oxidation sites excluding steroid dienone is 1. The Morgan fingerprint density at radius 3 is 2.17 bits per heavy atom. The summed E-state index contributed by atoms with van der Waals surface area (Å²) in [5.74, 6) is -3.97. The summed E-state index contributed by atoms with van der Waals surface area (Å²) in [6.45, 7) is 15.5. The Hall–Kier alpha value is -1.56. The van der Waals surface area contributed by atoms with E-state index in [1.165, 1.54) is 21.0 Å². The summed E-state index contributed by atoms with van der Waals surface area (Å²) in [4.78, 5) is 29.0.